The molecule has 6 aliphatic rings. The van der Waals surface area contributed by atoms with Gasteiger partial charge in [-0.05, 0) is 63.2 Å². The number of benzene rings is 6. The number of rotatable bonds is 11. The summed E-state index contributed by atoms with van der Waals surface area (Å²) in [5.41, 5.74) is 12.7. The first kappa shape index (κ1) is 55.2. The van der Waals surface area contributed by atoms with Crippen molar-refractivity contribution in [2.45, 2.75) is 79.8 Å². The van der Waals surface area contributed by atoms with Gasteiger partial charge in [0.25, 0.3) is 12.0 Å². The number of carbonyl (C=O) groups is 1. The Kier molecular flexibility index (Phi) is 16.2. The normalized spacial score (nSPS) is 27.7. The van der Waals surface area contributed by atoms with E-state index >= 15 is 0 Å². The zero-order valence-corrected chi connectivity index (χ0v) is 45.1. The molecular weight excluding hydrogens is 1080 g/mol. The van der Waals surface area contributed by atoms with Crippen LogP contribution in [0, 0.1) is 0 Å². The quantitative estimate of drug-likeness (QED) is 0.0717. The molecule has 14 rings (SSSR count). The van der Waals surface area contributed by atoms with E-state index in [4.69, 9.17) is 61.8 Å². The van der Waals surface area contributed by atoms with Crippen molar-refractivity contribution in [2.24, 2.45) is 0 Å². The second kappa shape index (κ2) is 23.8. The van der Waals surface area contributed by atoms with E-state index < -0.39 is 36.6 Å². The predicted octanol–water partition coefficient (Wildman–Crippen LogP) is 5.57. The Bertz CT molecular complexity index is 3460. The number of imidazole rings is 2. The molecule has 6 fully saturated rings. The maximum atomic E-state index is 10.9. The number of nitrogens with zero attached hydrogens (tertiary/aromatic N) is 3. The van der Waals surface area contributed by atoms with Crippen molar-refractivity contribution >= 4 is 51.6 Å². The molecule has 9 N–H and O–H groups in total. The molecule has 0 bridgehead atoms. The van der Waals surface area contributed by atoms with Gasteiger partial charge in [-0.3, -0.25) is 9.69 Å². The summed E-state index contributed by atoms with van der Waals surface area (Å²) in [6, 6.07) is 40.4. The number of hydrogen-bond donors (Lipinski definition) is 9. The van der Waals surface area contributed by atoms with Crippen LogP contribution in [0.2, 0.25) is 10.0 Å². The lowest BCUT2D eigenvalue weighted by Gasteiger charge is -2.15. The number of ether oxygens (including phenoxy) is 6. The highest BCUT2D eigenvalue weighted by Gasteiger charge is 2.50. The van der Waals surface area contributed by atoms with Crippen LogP contribution in [0.4, 0.5) is 0 Å². The summed E-state index contributed by atoms with van der Waals surface area (Å²) < 4.78 is 34.6. The molecular formula is C60H60Cl2N6O13. The molecule has 0 unspecified atom stereocenters. The number of H-pyrrole nitrogens is 2. The van der Waals surface area contributed by atoms with E-state index in [0.717, 1.165) is 78.4 Å². The first-order chi connectivity index (χ1) is 39.3. The number of aldehydes is 1. The third-order valence-corrected chi connectivity index (χ3v) is 16.2. The van der Waals surface area contributed by atoms with Gasteiger partial charge in [-0.2, -0.15) is 9.97 Å². The molecule has 12 atom stereocenters. The fraction of sp³-hybridized carbons (Fsp3) is 0.350. The summed E-state index contributed by atoms with van der Waals surface area (Å²) >= 11 is 13.3. The monoisotopic (exact) mass is 1140 g/mol. The Morgan fingerprint density at radius 2 is 0.901 bits per heavy atom. The summed E-state index contributed by atoms with van der Waals surface area (Å²) in [4.78, 5) is 28.5. The van der Waals surface area contributed by atoms with Crippen LogP contribution in [0.1, 0.15) is 15.9 Å². The number of β-amino-alcohol motifs (C(OH)–C–C–N with tert-alkyl or cyclic N) is 4. The summed E-state index contributed by atoms with van der Waals surface area (Å²) in [5.74, 6) is 0. The molecule has 6 aliphatic heterocycles. The van der Waals surface area contributed by atoms with Gasteiger partial charge in [0.2, 0.25) is 0 Å². The minimum atomic E-state index is -0.673. The fourth-order valence-electron chi connectivity index (χ4n) is 11.1. The van der Waals surface area contributed by atoms with E-state index in [9.17, 15) is 25.2 Å². The number of carbonyl (C=O) groups excluding carboxylic acids is 1. The second-order valence-electron chi connectivity index (χ2n) is 21.1. The Labute approximate surface area is 474 Å². The van der Waals surface area contributed by atoms with Crippen molar-refractivity contribution in [1.82, 2.24) is 30.2 Å². The zero-order valence-electron chi connectivity index (χ0n) is 43.6. The van der Waals surface area contributed by atoms with Crippen molar-refractivity contribution in [2.75, 3.05) is 52.6 Å². The van der Waals surface area contributed by atoms with Gasteiger partial charge in [-0.1, -0.05) is 120 Å². The lowest BCUT2D eigenvalue weighted by molar-refractivity contribution is 0.00704. The second-order valence-corrected chi connectivity index (χ2v) is 21.9. The molecule has 21 heteroatoms. The van der Waals surface area contributed by atoms with Gasteiger partial charge in [-0.25, -0.2) is 0 Å². The zero-order chi connectivity index (χ0) is 55.9. The number of aromatic nitrogens is 4. The van der Waals surface area contributed by atoms with Gasteiger partial charge in [0.1, 0.15) is 42.9 Å². The molecule has 8 aromatic rings. The highest BCUT2D eigenvalue weighted by molar-refractivity contribution is 6.34. The minimum Gasteiger partial charge on any atom is -0.456 e. The minimum absolute atomic E-state index is 0.245. The fourth-order valence-corrected chi connectivity index (χ4v) is 11.6. The van der Waals surface area contributed by atoms with Crippen LogP contribution in [-0.4, -0.2) is 188 Å². The topological polar surface area (TPSA) is 266 Å². The molecule has 0 amide bonds. The predicted molar refractivity (Wildman–Crippen MR) is 301 cm³/mol. The Balaban J connectivity index is 0.000000145. The van der Waals surface area contributed by atoms with Gasteiger partial charge in [-0.15, -0.1) is 0 Å². The highest BCUT2D eigenvalue weighted by Crippen LogP contribution is 2.38. The van der Waals surface area contributed by atoms with Gasteiger partial charge >= 0.3 is 0 Å². The number of fused-ring (bicyclic) bond motifs is 4. The largest absolute Gasteiger partial charge is 0.456 e. The summed E-state index contributed by atoms with van der Waals surface area (Å²) in [6.45, 7) is 3.88. The number of likely N-dealkylation sites (tertiary alicyclic amines) is 1. The third kappa shape index (κ3) is 12.0. The number of aliphatic hydroxyl groups is 6. The van der Waals surface area contributed by atoms with Crippen molar-refractivity contribution in [3.8, 4) is 56.5 Å². The lowest BCUT2D eigenvalue weighted by atomic mass is 9.99. The van der Waals surface area contributed by atoms with Crippen LogP contribution in [0.3, 0.4) is 0 Å². The maximum absolute atomic E-state index is 10.9. The summed E-state index contributed by atoms with van der Waals surface area (Å²) in [7, 11) is 0. The summed E-state index contributed by atoms with van der Waals surface area (Å²) in [6.07, 6.45) is -4.89. The van der Waals surface area contributed by atoms with Crippen molar-refractivity contribution in [1.29, 1.82) is 0 Å². The van der Waals surface area contributed by atoms with Gasteiger partial charge < -0.3 is 74.3 Å². The maximum Gasteiger partial charge on any atom is 0.295 e. The highest BCUT2D eigenvalue weighted by atomic mass is 35.5. The van der Waals surface area contributed by atoms with Crippen LogP contribution < -0.4 is 14.8 Å². The number of hydrogen-bond acceptors (Lipinski definition) is 17. The standard InChI is InChI=1S/C30H30ClN3O6.C26H21ClN2O5.C4H9NO2/c31-21-10-23-22(32-30(33-23)40-27-15-39-28-26(37)14-38-29(27)28)9-20(21)19-7-5-18(6-8-19)17-3-1-16(2-4-17)11-34-12-24(35)25(36)13-34;27-19-10-21-20(28-26(29-21)34-23-13-33-24-22(31)12-32-25(23)24)9-18(19)17-7-5-16(6-8-17)15-3-1-14(11-30)2-4-15;6-3-1-5-2-4(3)7/h1-10,24-29,35-37H,11-15H2,(H,32,33);1-11,22-25,31H,12-13H2,(H,28,29);3-7H,1-2H2/t24-,25+,26-,27-,28-,29-;22-,23-,24-,25-;3-,4+/m11./s1. The van der Waals surface area contributed by atoms with E-state index in [2.05, 4.69) is 66.6 Å². The first-order valence-electron chi connectivity index (χ1n) is 26.9. The Morgan fingerprint density at radius 3 is 1.31 bits per heavy atom. The Hall–Kier alpha value is -6.37. The summed E-state index contributed by atoms with van der Waals surface area (Å²) in [5, 5.41) is 60.8. The number of aromatic amines is 2. The van der Waals surface area contributed by atoms with Crippen molar-refractivity contribution in [3.05, 3.63) is 142 Å². The smallest absolute Gasteiger partial charge is 0.295 e. The van der Waals surface area contributed by atoms with E-state index in [1.54, 1.807) is 12.1 Å². The molecule has 6 saturated heterocycles. The number of halogens is 2. The molecule has 8 heterocycles. The van der Waals surface area contributed by atoms with Gasteiger partial charge in [0.05, 0.1) is 83.0 Å². The van der Waals surface area contributed by atoms with Crippen LogP contribution >= 0.6 is 23.2 Å². The molecule has 0 radical (unpaired) electrons. The molecule has 19 nitrogen and oxygen atoms in total. The van der Waals surface area contributed by atoms with Gasteiger partial charge in [0.15, 0.2) is 12.2 Å². The third-order valence-electron chi connectivity index (χ3n) is 15.5. The van der Waals surface area contributed by atoms with E-state index in [1.165, 1.54) is 0 Å². The van der Waals surface area contributed by atoms with E-state index in [1.807, 2.05) is 72.8 Å². The molecule has 422 valence electrons. The lowest BCUT2D eigenvalue weighted by Crippen LogP contribution is -2.34. The number of aliphatic hydroxyl groups excluding tert-OH is 6. The first-order valence-corrected chi connectivity index (χ1v) is 27.6. The van der Waals surface area contributed by atoms with Crippen LogP contribution in [0.5, 0.6) is 12.0 Å². The average molecular weight is 1140 g/mol. The van der Waals surface area contributed by atoms with Crippen molar-refractivity contribution in [3.63, 3.8) is 0 Å². The van der Waals surface area contributed by atoms with E-state index in [0.29, 0.717) is 73.6 Å². The number of nitrogens with one attached hydrogen (secondary N) is 3. The van der Waals surface area contributed by atoms with Gasteiger partial charge in [0, 0.05) is 49.4 Å². The van der Waals surface area contributed by atoms with Crippen LogP contribution in [0.15, 0.2) is 121 Å². The molecule has 0 saturated carbocycles. The molecule has 0 spiro atoms. The van der Waals surface area contributed by atoms with E-state index in [-0.39, 0.29) is 49.8 Å². The van der Waals surface area contributed by atoms with Crippen LogP contribution in [-0.2, 0) is 25.5 Å². The van der Waals surface area contributed by atoms with Crippen molar-refractivity contribution < 1.29 is 63.9 Å². The molecule has 0 aliphatic carbocycles. The molecule has 2 aromatic heterocycles. The van der Waals surface area contributed by atoms with Crippen LogP contribution in [0.25, 0.3) is 66.6 Å². The average Bonchev–Trinajstić information content (AvgIpc) is 4.48. The Morgan fingerprint density at radius 1 is 0.506 bits per heavy atom. The molecule has 81 heavy (non-hydrogen) atoms. The molecule has 6 aromatic carbocycles. The SMILES string of the molecule is O=Cc1ccc(-c2ccc(-c3cc4nc(O[C@@H]5CO[C@H]6[C@@H]5OC[C@H]6O)[nH]c4cc3Cl)cc2)cc1.O[C@@H]1CNC[C@@H]1O.O[C@@H]1CO[C@H]2[C@@H]1OC[C@H]2Oc1nc2cc(-c3ccc(-c4ccc(CN5C[C@@H](O)[C@@H](O)C5)cc4)cc3)c(Cl)cc2[nH]1.